The Labute approximate surface area is 109 Å². The average Bonchev–Trinajstić information content (AvgIpc) is 2.51. The molecule has 0 radical (unpaired) electrons. The van der Waals surface area contributed by atoms with Gasteiger partial charge in [-0.15, -0.1) is 6.42 Å². The molecule has 1 atom stereocenters. The van der Waals surface area contributed by atoms with Gasteiger partial charge < -0.3 is 16.2 Å². The fourth-order valence-corrected chi connectivity index (χ4v) is 1.31. The second-order valence-corrected chi connectivity index (χ2v) is 3.02. The molecule has 14 heavy (non-hydrogen) atoms. The number of aliphatic hydroxyl groups excluding tert-OH is 1. The van der Waals surface area contributed by atoms with E-state index in [0.717, 1.165) is 19.4 Å². The Bertz CT molecular complexity index is 163. The summed E-state index contributed by atoms with van der Waals surface area (Å²) >= 11 is 0. The molecule has 1 rings (SSSR count). The molecule has 0 aliphatic carbocycles. The molecule has 0 saturated carbocycles. The summed E-state index contributed by atoms with van der Waals surface area (Å²) < 4.78 is 0. The van der Waals surface area contributed by atoms with Crippen LogP contribution in [0.15, 0.2) is 0 Å². The van der Waals surface area contributed by atoms with Crippen molar-refractivity contribution >= 4 is 5.91 Å². The first kappa shape index (κ1) is 17.0. The zero-order valence-corrected chi connectivity index (χ0v) is 8.99. The Morgan fingerprint density at radius 3 is 2.64 bits per heavy atom. The fourth-order valence-electron chi connectivity index (χ4n) is 1.31. The second-order valence-electron chi connectivity index (χ2n) is 3.02. The Balaban J connectivity index is 0. The molecule has 1 aliphatic rings. The molecule has 0 bridgehead atoms. The standard InChI is InChI=1S/C8H14N2O2.2Li/c9-8(12)4-3-7(11)6-2-1-5-10-6;;/h6,11H,1-5H2,(H2,9,12);;/q-2;2*+1. The van der Waals surface area contributed by atoms with Crippen LogP contribution in [0, 0.1) is 6.10 Å². The molecule has 0 aromatic heterocycles. The molecule has 70 valence electrons. The number of aliphatic hydroxyl groups is 1. The van der Waals surface area contributed by atoms with Gasteiger partial charge in [-0.2, -0.15) is 6.54 Å². The van der Waals surface area contributed by atoms with Gasteiger partial charge in [0, 0.05) is 6.42 Å². The fraction of sp³-hybridized carbons (Fsp3) is 0.750. The van der Waals surface area contributed by atoms with Crippen LogP contribution in [0.1, 0.15) is 25.7 Å². The molecule has 0 spiro atoms. The summed E-state index contributed by atoms with van der Waals surface area (Å²) in [4.78, 5) is 10.4. The Hall–Kier alpha value is 0.585. The predicted molar refractivity (Wildman–Crippen MR) is 44.9 cm³/mol. The number of nitrogens with two attached hydrogens (primary N) is 1. The Morgan fingerprint density at radius 1 is 1.57 bits per heavy atom. The van der Waals surface area contributed by atoms with E-state index in [-0.39, 0.29) is 56.1 Å². The molecule has 3 N–H and O–H groups in total. The maximum Gasteiger partial charge on any atom is 1.00 e. The molecule has 1 fully saturated rings. The maximum absolute atomic E-state index is 10.4. The number of primary amides is 1. The number of hydrogen-bond donors (Lipinski definition) is 2. The first-order valence-corrected chi connectivity index (χ1v) is 4.19. The largest absolute Gasteiger partial charge is 1.00 e. The molecule has 1 saturated heterocycles. The second kappa shape index (κ2) is 8.86. The number of rotatable bonds is 4. The molecular formula is C8H14Li2N2O2. The molecule has 1 unspecified atom stereocenters. The van der Waals surface area contributed by atoms with Crippen molar-refractivity contribution in [1.82, 2.24) is 0 Å². The van der Waals surface area contributed by atoms with Crippen LogP contribution in [0.25, 0.3) is 5.32 Å². The number of amides is 1. The molecule has 0 aromatic rings. The van der Waals surface area contributed by atoms with Gasteiger partial charge >= 0.3 is 37.7 Å². The molecule has 6 heteroatoms. The number of carbonyl (C=O) groups excluding carboxylic acids is 1. The summed E-state index contributed by atoms with van der Waals surface area (Å²) in [5.74, 6) is -0.375. The number of carbonyl (C=O) groups is 1. The van der Waals surface area contributed by atoms with Crippen molar-refractivity contribution in [3.63, 3.8) is 0 Å². The Morgan fingerprint density at radius 2 is 2.21 bits per heavy atom. The van der Waals surface area contributed by atoms with Crippen molar-refractivity contribution in [3.05, 3.63) is 11.4 Å². The van der Waals surface area contributed by atoms with Crippen LogP contribution in [0.4, 0.5) is 0 Å². The third-order valence-corrected chi connectivity index (χ3v) is 2.00. The van der Waals surface area contributed by atoms with Crippen LogP contribution in [0.5, 0.6) is 0 Å². The van der Waals surface area contributed by atoms with Gasteiger partial charge in [0.1, 0.15) is 0 Å². The first-order valence-electron chi connectivity index (χ1n) is 4.19. The van der Waals surface area contributed by atoms with Gasteiger partial charge in [0.05, 0.1) is 0 Å². The van der Waals surface area contributed by atoms with E-state index in [1.54, 1.807) is 0 Å². The van der Waals surface area contributed by atoms with E-state index in [4.69, 9.17) is 5.73 Å². The van der Waals surface area contributed by atoms with E-state index in [1.807, 2.05) is 0 Å². The van der Waals surface area contributed by atoms with Gasteiger partial charge in [-0.1, -0.05) is 12.8 Å². The third kappa shape index (κ3) is 6.14. The summed E-state index contributed by atoms with van der Waals surface area (Å²) in [5, 5.41) is 13.6. The van der Waals surface area contributed by atoms with E-state index in [2.05, 4.69) is 5.32 Å². The van der Waals surface area contributed by atoms with Crippen LogP contribution in [0.2, 0.25) is 0 Å². The first-order chi connectivity index (χ1) is 5.70. The zero-order chi connectivity index (χ0) is 8.97. The molecule has 0 aromatic carbocycles. The summed E-state index contributed by atoms with van der Waals surface area (Å²) in [5.41, 5.74) is 4.95. The molecular weight excluding hydrogens is 170 g/mol. The minimum absolute atomic E-state index is 0. The minimum Gasteiger partial charge on any atom is -0.684 e. The minimum atomic E-state index is -0.375. The van der Waals surface area contributed by atoms with E-state index in [1.165, 1.54) is 0 Å². The van der Waals surface area contributed by atoms with Crippen LogP contribution in [-0.4, -0.2) is 23.6 Å². The van der Waals surface area contributed by atoms with Crippen LogP contribution >= 0.6 is 0 Å². The predicted octanol–water partition coefficient (Wildman–Crippen LogP) is -5.30. The molecule has 1 amide bonds. The van der Waals surface area contributed by atoms with Gasteiger partial charge in [-0.05, 0) is 0 Å². The average molecular weight is 184 g/mol. The van der Waals surface area contributed by atoms with E-state index < -0.39 is 0 Å². The van der Waals surface area contributed by atoms with Crippen molar-refractivity contribution in [2.75, 3.05) is 6.54 Å². The Kier molecular flexibility index (Phi) is 10.8. The quantitative estimate of drug-likeness (QED) is 0.338. The number of hydrogen-bond acceptors (Lipinski definition) is 2. The summed E-state index contributed by atoms with van der Waals surface area (Å²) in [7, 11) is 0. The normalized spacial score (nSPS) is 20.0. The summed E-state index contributed by atoms with van der Waals surface area (Å²) in [6.07, 6.45) is 2.84. The van der Waals surface area contributed by atoms with Crippen molar-refractivity contribution in [1.29, 1.82) is 0 Å². The van der Waals surface area contributed by atoms with Crippen LogP contribution in [-0.2, 0) is 4.79 Å². The SMILES string of the molecule is NC(=O)CC[C-](O)C1CCC[N-]1.[Li+].[Li+]. The van der Waals surface area contributed by atoms with Gasteiger partial charge in [0.15, 0.2) is 0 Å². The third-order valence-electron chi connectivity index (χ3n) is 2.00. The van der Waals surface area contributed by atoms with Crippen molar-refractivity contribution in [3.8, 4) is 0 Å². The van der Waals surface area contributed by atoms with Gasteiger partial charge in [0.25, 0.3) is 0 Å². The van der Waals surface area contributed by atoms with Crippen molar-refractivity contribution in [2.24, 2.45) is 5.73 Å². The van der Waals surface area contributed by atoms with E-state index in [9.17, 15) is 9.90 Å². The maximum atomic E-state index is 10.4. The molecule has 4 nitrogen and oxygen atoms in total. The van der Waals surface area contributed by atoms with E-state index >= 15 is 0 Å². The monoisotopic (exact) mass is 184 g/mol. The van der Waals surface area contributed by atoms with Crippen LogP contribution < -0.4 is 43.5 Å². The van der Waals surface area contributed by atoms with Gasteiger partial charge in [-0.3, -0.25) is 4.79 Å². The van der Waals surface area contributed by atoms with E-state index in [0.29, 0.717) is 12.5 Å². The van der Waals surface area contributed by atoms with Crippen molar-refractivity contribution < 1.29 is 47.6 Å². The van der Waals surface area contributed by atoms with Gasteiger partial charge in [0.2, 0.25) is 5.91 Å². The number of nitrogens with zero attached hydrogens (tertiary/aromatic N) is 1. The zero-order valence-electron chi connectivity index (χ0n) is 8.99. The smallest absolute Gasteiger partial charge is 0.684 e. The topological polar surface area (TPSA) is 77.4 Å². The molecule has 1 heterocycles. The van der Waals surface area contributed by atoms with Crippen LogP contribution in [0.3, 0.4) is 0 Å². The van der Waals surface area contributed by atoms with Gasteiger partial charge in [-0.25, -0.2) is 12.1 Å². The van der Waals surface area contributed by atoms with Crippen molar-refractivity contribution in [2.45, 2.75) is 31.7 Å². The summed E-state index contributed by atoms with van der Waals surface area (Å²) in [6, 6.07) is -0.0376. The summed E-state index contributed by atoms with van der Waals surface area (Å²) in [6.45, 7) is 0.825. The molecule has 1 aliphatic heterocycles.